The minimum atomic E-state index is -0.142. The molecule has 1 heterocycles. The number of ether oxygens (including phenoxy) is 2. The van der Waals surface area contributed by atoms with Gasteiger partial charge in [-0.1, -0.05) is 11.6 Å². The zero-order chi connectivity index (χ0) is 18.1. The summed E-state index contributed by atoms with van der Waals surface area (Å²) in [7, 11) is 0. The number of quaternary nitrogens is 1. The number of nitrogens with one attached hydrogen (secondary N) is 2. The molecular weight excluding hydrogens is 344 g/mol. The van der Waals surface area contributed by atoms with E-state index in [0.29, 0.717) is 37.9 Å². The van der Waals surface area contributed by atoms with Crippen LogP contribution in [0, 0.1) is 5.92 Å². The Kier molecular flexibility index (Phi) is 8.01. The number of likely N-dealkylation sites (tertiary alicyclic amines) is 1. The minimum absolute atomic E-state index is 0.0285. The van der Waals surface area contributed by atoms with Gasteiger partial charge in [-0.15, -0.1) is 0 Å². The summed E-state index contributed by atoms with van der Waals surface area (Å²) in [6.07, 6.45) is 1.78. The van der Waals surface area contributed by atoms with Crippen LogP contribution in [-0.2, 0) is 14.3 Å². The summed E-state index contributed by atoms with van der Waals surface area (Å²) in [6, 6.07) is 7.10. The third kappa shape index (κ3) is 6.92. The fraction of sp³-hybridized carbons (Fsp3) is 0.556. The second-order valence-corrected chi connectivity index (χ2v) is 6.56. The largest absolute Gasteiger partial charge is 0.492 e. The molecule has 0 aromatic heterocycles. The number of halogens is 1. The van der Waals surface area contributed by atoms with Crippen molar-refractivity contribution in [2.45, 2.75) is 19.8 Å². The molecule has 1 unspecified atom stereocenters. The van der Waals surface area contributed by atoms with Crippen LogP contribution in [0.2, 0.25) is 5.02 Å². The number of rotatable bonds is 8. The van der Waals surface area contributed by atoms with E-state index in [1.165, 1.54) is 0 Å². The van der Waals surface area contributed by atoms with Gasteiger partial charge in [-0.2, -0.15) is 0 Å². The van der Waals surface area contributed by atoms with Crippen molar-refractivity contribution in [3.63, 3.8) is 0 Å². The molecule has 2 N–H and O–H groups in total. The monoisotopic (exact) mass is 369 g/mol. The number of carbonyl (C=O) groups is 2. The van der Waals surface area contributed by atoms with Gasteiger partial charge < -0.3 is 19.7 Å². The SMILES string of the molecule is CCOC(=O)[C@H]1CCC[NH+](CC(=O)NCCOc2ccc(Cl)cc2)C1. The second kappa shape index (κ2) is 10.3. The molecule has 1 amide bonds. The molecule has 1 aromatic carbocycles. The fourth-order valence-corrected chi connectivity index (χ4v) is 3.08. The van der Waals surface area contributed by atoms with E-state index >= 15 is 0 Å². The van der Waals surface area contributed by atoms with E-state index in [0.717, 1.165) is 30.0 Å². The topological polar surface area (TPSA) is 69.1 Å². The number of amides is 1. The van der Waals surface area contributed by atoms with Crippen LogP contribution >= 0.6 is 11.6 Å². The van der Waals surface area contributed by atoms with E-state index in [1.54, 1.807) is 24.3 Å². The molecule has 2 atom stereocenters. The van der Waals surface area contributed by atoms with Crippen LogP contribution in [0.1, 0.15) is 19.8 Å². The standard InChI is InChI=1S/C18H25ClN2O4/c1-2-24-18(23)14-4-3-10-21(12-14)13-17(22)20-9-11-25-16-7-5-15(19)6-8-16/h5-8,14H,2-4,9-13H2,1H3,(H,20,22)/p+1/t14-/m0/s1. The number of esters is 1. The van der Waals surface area contributed by atoms with Crippen molar-refractivity contribution in [2.24, 2.45) is 5.92 Å². The highest BCUT2D eigenvalue weighted by Crippen LogP contribution is 2.15. The number of benzene rings is 1. The summed E-state index contributed by atoms with van der Waals surface area (Å²) in [5, 5.41) is 3.51. The van der Waals surface area contributed by atoms with Crippen LogP contribution in [0.5, 0.6) is 5.75 Å². The lowest BCUT2D eigenvalue weighted by atomic mass is 9.98. The van der Waals surface area contributed by atoms with Crippen molar-refractivity contribution in [3.8, 4) is 5.75 Å². The summed E-state index contributed by atoms with van der Waals surface area (Å²) in [5.74, 6) is 0.456. The zero-order valence-corrected chi connectivity index (χ0v) is 15.3. The molecule has 2 rings (SSSR count). The van der Waals surface area contributed by atoms with Gasteiger partial charge in [-0.25, -0.2) is 0 Å². The van der Waals surface area contributed by atoms with Crippen molar-refractivity contribution in [1.82, 2.24) is 5.32 Å². The molecule has 0 bridgehead atoms. The Bertz CT molecular complexity index is 565. The van der Waals surface area contributed by atoms with Gasteiger partial charge in [-0.3, -0.25) is 9.59 Å². The fourth-order valence-electron chi connectivity index (χ4n) is 2.95. The highest BCUT2D eigenvalue weighted by atomic mass is 35.5. The Morgan fingerprint density at radius 1 is 1.32 bits per heavy atom. The predicted molar refractivity (Wildman–Crippen MR) is 94.9 cm³/mol. The number of carbonyl (C=O) groups excluding carboxylic acids is 2. The van der Waals surface area contributed by atoms with E-state index in [1.807, 2.05) is 6.92 Å². The summed E-state index contributed by atoms with van der Waals surface area (Å²) < 4.78 is 10.6. The van der Waals surface area contributed by atoms with E-state index in [9.17, 15) is 9.59 Å². The average Bonchev–Trinajstić information content (AvgIpc) is 2.61. The normalized spacial score (nSPS) is 19.9. The van der Waals surface area contributed by atoms with E-state index < -0.39 is 0 Å². The van der Waals surface area contributed by atoms with Gasteiger partial charge >= 0.3 is 5.97 Å². The molecule has 0 spiro atoms. The first-order valence-corrected chi connectivity index (χ1v) is 9.11. The molecule has 6 nitrogen and oxygen atoms in total. The molecule has 138 valence electrons. The first-order valence-electron chi connectivity index (χ1n) is 8.73. The van der Waals surface area contributed by atoms with Gasteiger partial charge in [0.2, 0.25) is 0 Å². The van der Waals surface area contributed by atoms with Crippen LogP contribution < -0.4 is 15.0 Å². The maximum absolute atomic E-state index is 12.0. The van der Waals surface area contributed by atoms with E-state index in [4.69, 9.17) is 21.1 Å². The number of hydrogen-bond donors (Lipinski definition) is 2. The van der Waals surface area contributed by atoms with Gasteiger partial charge in [-0.05, 0) is 44.0 Å². The number of hydrogen-bond acceptors (Lipinski definition) is 4. The van der Waals surface area contributed by atoms with Crippen molar-refractivity contribution >= 4 is 23.5 Å². The molecule has 1 aromatic rings. The molecule has 0 aliphatic carbocycles. The smallest absolute Gasteiger partial charge is 0.314 e. The van der Waals surface area contributed by atoms with Crippen molar-refractivity contribution in [2.75, 3.05) is 39.4 Å². The Hall–Kier alpha value is -1.79. The van der Waals surface area contributed by atoms with Crippen LogP contribution in [0.25, 0.3) is 0 Å². The molecular formula is C18H26ClN2O4+. The lowest BCUT2D eigenvalue weighted by molar-refractivity contribution is -0.899. The third-order valence-corrected chi connectivity index (χ3v) is 4.41. The molecule has 0 saturated carbocycles. The van der Waals surface area contributed by atoms with Crippen LogP contribution in [0.4, 0.5) is 0 Å². The maximum atomic E-state index is 12.0. The summed E-state index contributed by atoms with van der Waals surface area (Å²) in [4.78, 5) is 25.0. The second-order valence-electron chi connectivity index (χ2n) is 6.12. The van der Waals surface area contributed by atoms with Crippen molar-refractivity contribution in [3.05, 3.63) is 29.3 Å². The first-order chi connectivity index (χ1) is 12.1. The highest BCUT2D eigenvalue weighted by Gasteiger charge is 2.30. The Balaban J connectivity index is 1.64. The number of piperidine rings is 1. The summed E-state index contributed by atoms with van der Waals surface area (Å²) in [5.41, 5.74) is 0. The molecule has 1 saturated heterocycles. The molecule has 25 heavy (non-hydrogen) atoms. The Morgan fingerprint density at radius 2 is 2.08 bits per heavy atom. The Labute approximate surface area is 153 Å². The van der Waals surface area contributed by atoms with Crippen molar-refractivity contribution < 1.29 is 24.0 Å². The van der Waals surface area contributed by atoms with Gasteiger partial charge in [0, 0.05) is 5.02 Å². The molecule has 0 radical (unpaired) electrons. The van der Waals surface area contributed by atoms with Crippen LogP contribution in [-0.4, -0.2) is 51.3 Å². The maximum Gasteiger partial charge on any atom is 0.314 e. The molecule has 1 aliphatic rings. The lowest BCUT2D eigenvalue weighted by Gasteiger charge is -2.28. The highest BCUT2D eigenvalue weighted by molar-refractivity contribution is 6.30. The van der Waals surface area contributed by atoms with Gasteiger partial charge in [0.1, 0.15) is 18.3 Å². The zero-order valence-electron chi connectivity index (χ0n) is 14.6. The molecule has 1 fully saturated rings. The van der Waals surface area contributed by atoms with Crippen LogP contribution in [0.3, 0.4) is 0 Å². The van der Waals surface area contributed by atoms with Crippen LogP contribution in [0.15, 0.2) is 24.3 Å². The van der Waals surface area contributed by atoms with Gasteiger partial charge in [0.25, 0.3) is 5.91 Å². The Morgan fingerprint density at radius 3 is 2.80 bits per heavy atom. The minimum Gasteiger partial charge on any atom is -0.492 e. The van der Waals surface area contributed by atoms with Gasteiger partial charge in [0.05, 0.1) is 26.2 Å². The van der Waals surface area contributed by atoms with Gasteiger partial charge in [0.15, 0.2) is 6.54 Å². The first kappa shape index (κ1) is 19.5. The van der Waals surface area contributed by atoms with E-state index in [2.05, 4.69) is 5.32 Å². The lowest BCUT2D eigenvalue weighted by Crippen LogP contribution is -3.14. The van der Waals surface area contributed by atoms with Crippen molar-refractivity contribution in [1.29, 1.82) is 0 Å². The van der Waals surface area contributed by atoms with E-state index in [-0.39, 0.29) is 17.8 Å². The predicted octanol–water partition coefficient (Wildman–Crippen LogP) is 0.693. The quantitative estimate of drug-likeness (QED) is 0.522. The molecule has 7 heteroatoms. The molecule has 1 aliphatic heterocycles. The third-order valence-electron chi connectivity index (χ3n) is 4.16. The summed E-state index contributed by atoms with van der Waals surface area (Å²) in [6.45, 7) is 4.99. The summed E-state index contributed by atoms with van der Waals surface area (Å²) >= 11 is 5.81. The average molecular weight is 370 g/mol.